The van der Waals surface area contributed by atoms with E-state index in [1.165, 1.54) is 6.39 Å². The fourth-order valence-electron chi connectivity index (χ4n) is 0.897. The highest BCUT2D eigenvalue weighted by molar-refractivity contribution is 5.70. The first-order valence-electron chi connectivity index (χ1n) is 5.03. The summed E-state index contributed by atoms with van der Waals surface area (Å²) in [7, 11) is 0. The highest BCUT2D eigenvalue weighted by Crippen LogP contribution is 2.12. The van der Waals surface area contributed by atoms with Gasteiger partial charge >= 0.3 is 0 Å². The van der Waals surface area contributed by atoms with Crippen molar-refractivity contribution >= 4 is 11.2 Å². The molecule has 0 aliphatic rings. The van der Waals surface area contributed by atoms with E-state index in [4.69, 9.17) is 4.42 Å². The maximum atomic E-state index is 5.08. The summed E-state index contributed by atoms with van der Waals surface area (Å²) < 4.78 is 5.08. The van der Waals surface area contributed by atoms with Gasteiger partial charge in [-0.3, -0.25) is 0 Å². The van der Waals surface area contributed by atoms with Gasteiger partial charge in [-0.15, -0.1) is 0 Å². The first kappa shape index (κ1) is 12.6. The second-order valence-corrected chi connectivity index (χ2v) is 2.13. The second kappa shape index (κ2) is 7.06. The van der Waals surface area contributed by atoms with Gasteiger partial charge in [0.2, 0.25) is 0 Å². The molecule has 0 atom stereocenters. The predicted octanol–water partition coefficient (Wildman–Crippen LogP) is 3.58. The number of hydrogen-bond acceptors (Lipinski definition) is 3. The molecule has 0 aliphatic heterocycles. The smallest absolute Gasteiger partial charge is 0.198 e. The molecule has 0 saturated carbocycles. The van der Waals surface area contributed by atoms with E-state index in [2.05, 4.69) is 9.97 Å². The summed E-state index contributed by atoms with van der Waals surface area (Å²) in [5.74, 6) is 0. The van der Waals surface area contributed by atoms with Crippen LogP contribution < -0.4 is 0 Å². The zero-order valence-corrected chi connectivity index (χ0v) is 9.53. The topological polar surface area (TPSA) is 38.9 Å². The zero-order valence-electron chi connectivity index (χ0n) is 9.53. The Balaban J connectivity index is 0.000000379. The third-order valence-corrected chi connectivity index (χ3v) is 1.43. The van der Waals surface area contributed by atoms with E-state index in [9.17, 15) is 0 Å². The molecule has 2 heterocycles. The van der Waals surface area contributed by atoms with E-state index in [1.807, 2.05) is 40.7 Å². The normalized spacial score (nSPS) is 8.36. The largest absolute Gasteiger partial charge is 0.441 e. The molecule has 0 spiro atoms. The van der Waals surface area contributed by atoms with Gasteiger partial charge in [0.25, 0.3) is 0 Å². The summed E-state index contributed by atoms with van der Waals surface area (Å²) in [5.41, 5.74) is 2.53. The molecule has 0 amide bonds. The fraction of sp³-hybridized carbons (Fsp3) is 0.455. The molecule has 0 unspecified atom stereocenters. The summed E-state index contributed by atoms with van der Waals surface area (Å²) in [6.45, 7) is 9.97. The van der Waals surface area contributed by atoms with Crippen LogP contribution in [-0.2, 0) is 0 Å². The van der Waals surface area contributed by atoms with E-state index in [1.54, 1.807) is 6.20 Å². The maximum absolute atomic E-state index is 5.08. The molecule has 3 nitrogen and oxygen atoms in total. The van der Waals surface area contributed by atoms with Gasteiger partial charge in [0.1, 0.15) is 0 Å². The minimum Gasteiger partial charge on any atom is -0.441 e. The fourth-order valence-corrected chi connectivity index (χ4v) is 0.897. The van der Waals surface area contributed by atoms with E-state index < -0.39 is 0 Å². The minimum absolute atomic E-state index is 0.681. The Hall–Kier alpha value is -1.38. The highest BCUT2D eigenvalue weighted by atomic mass is 16.3. The molecule has 2 rings (SSSR count). The molecule has 0 saturated heterocycles. The van der Waals surface area contributed by atoms with Crippen LogP contribution in [-0.4, -0.2) is 9.97 Å². The molecule has 0 fully saturated rings. The summed E-state index contributed by atoms with van der Waals surface area (Å²) >= 11 is 0. The van der Waals surface area contributed by atoms with Crippen molar-refractivity contribution in [1.82, 2.24) is 9.97 Å². The van der Waals surface area contributed by atoms with Gasteiger partial charge in [0.05, 0.1) is 0 Å². The Morgan fingerprint density at radius 1 is 1.07 bits per heavy atom. The van der Waals surface area contributed by atoms with Gasteiger partial charge in [0.15, 0.2) is 17.6 Å². The van der Waals surface area contributed by atoms with Crippen molar-refractivity contribution in [3.63, 3.8) is 0 Å². The molecule has 0 aliphatic carbocycles. The van der Waals surface area contributed by atoms with Crippen LogP contribution in [0.5, 0.6) is 0 Å². The first-order chi connectivity index (χ1) is 6.88. The Morgan fingerprint density at radius 2 is 1.71 bits per heavy atom. The lowest BCUT2D eigenvalue weighted by molar-refractivity contribution is 0.599. The van der Waals surface area contributed by atoms with Crippen LogP contribution >= 0.6 is 0 Å². The highest BCUT2D eigenvalue weighted by Gasteiger charge is 1.99. The number of aryl methyl sites for hydroxylation is 1. The van der Waals surface area contributed by atoms with Crippen molar-refractivity contribution in [1.29, 1.82) is 0 Å². The average Bonchev–Trinajstić information content (AvgIpc) is 2.73. The molecular formula is C11H18N2O. The Morgan fingerprint density at radius 3 is 2.29 bits per heavy atom. The predicted molar refractivity (Wildman–Crippen MR) is 59.2 cm³/mol. The van der Waals surface area contributed by atoms with Crippen molar-refractivity contribution in [3.8, 4) is 0 Å². The lowest BCUT2D eigenvalue weighted by Crippen LogP contribution is -1.77. The van der Waals surface area contributed by atoms with Crippen molar-refractivity contribution in [2.75, 3.05) is 0 Å². The molecule has 0 radical (unpaired) electrons. The average molecular weight is 194 g/mol. The van der Waals surface area contributed by atoms with E-state index in [0.29, 0.717) is 5.65 Å². The zero-order chi connectivity index (χ0) is 11.0. The van der Waals surface area contributed by atoms with Crippen LogP contribution in [0.3, 0.4) is 0 Å². The second-order valence-electron chi connectivity index (χ2n) is 2.13. The third-order valence-electron chi connectivity index (χ3n) is 1.43. The van der Waals surface area contributed by atoms with Crippen molar-refractivity contribution in [2.24, 2.45) is 0 Å². The third kappa shape index (κ3) is 2.83. The number of hydrogen-bond donors (Lipinski definition) is 0. The summed E-state index contributed by atoms with van der Waals surface area (Å²) in [6, 6.07) is 1.90. The number of nitrogens with zero attached hydrogens (tertiary/aromatic N) is 2. The van der Waals surface area contributed by atoms with Crippen molar-refractivity contribution in [3.05, 3.63) is 24.2 Å². The van der Waals surface area contributed by atoms with Crippen molar-refractivity contribution in [2.45, 2.75) is 34.6 Å². The standard InChI is InChI=1S/C7H6N2O.2C2H6/c1-5-2-3-8-7-6(5)10-4-9-7;2*1-2/h2-4H,1H3;2*1-2H3. The molecule has 0 aromatic carbocycles. The van der Waals surface area contributed by atoms with Crippen molar-refractivity contribution < 1.29 is 4.42 Å². The summed E-state index contributed by atoms with van der Waals surface area (Å²) in [4.78, 5) is 7.90. The van der Waals surface area contributed by atoms with Gasteiger partial charge in [-0.1, -0.05) is 27.7 Å². The molecule has 3 heteroatoms. The number of aromatic nitrogens is 2. The molecule has 78 valence electrons. The molecular weight excluding hydrogens is 176 g/mol. The molecule has 2 aromatic rings. The van der Waals surface area contributed by atoms with E-state index >= 15 is 0 Å². The minimum atomic E-state index is 0.681. The molecule has 0 N–H and O–H groups in total. The number of rotatable bonds is 0. The van der Waals surface area contributed by atoms with Crippen LogP contribution in [0.1, 0.15) is 33.3 Å². The Labute approximate surface area is 85.2 Å². The number of pyridine rings is 1. The van der Waals surface area contributed by atoms with Gasteiger partial charge in [-0.05, 0) is 18.6 Å². The maximum Gasteiger partial charge on any atom is 0.198 e. The summed E-state index contributed by atoms with van der Waals surface area (Å²) in [6.07, 6.45) is 3.13. The van der Waals surface area contributed by atoms with Crippen LogP contribution in [0.15, 0.2) is 23.1 Å². The van der Waals surface area contributed by atoms with Gasteiger partial charge in [0, 0.05) is 6.20 Å². The lowest BCUT2D eigenvalue weighted by atomic mass is 10.3. The van der Waals surface area contributed by atoms with Crippen LogP contribution in [0, 0.1) is 6.92 Å². The number of fused-ring (bicyclic) bond motifs is 1. The molecule has 2 aromatic heterocycles. The monoisotopic (exact) mass is 194 g/mol. The van der Waals surface area contributed by atoms with Crippen LogP contribution in [0.4, 0.5) is 0 Å². The molecule has 14 heavy (non-hydrogen) atoms. The van der Waals surface area contributed by atoms with Crippen LogP contribution in [0.25, 0.3) is 11.2 Å². The van der Waals surface area contributed by atoms with E-state index in [0.717, 1.165) is 11.1 Å². The summed E-state index contributed by atoms with van der Waals surface area (Å²) in [5, 5.41) is 0. The quantitative estimate of drug-likeness (QED) is 0.643. The first-order valence-corrected chi connectivity index (χ1v) is 5.03. The van der Waals surface area contributed by atoms with Gasteiger partial charge in [-0.25, -0.2) is 4.98 Å². The van der Waals surface area contributed by atoms with Gasteiger partial charge in [-0.2, -0.15) is 4.98 Å². The number of oxazole rings is 1. The van der Waals surface area contributed by atoms with E-state index in [-0.39, 0.29) is 0 Å². The lowest BCUT2D eigenvalue weighted by Gasteiger charge is -1.88. The molecule has 0 bridgehead atoms. The van der Waals surface area contributed by atoms with Crippen LogP contribution in [0.2, 0.25) is 0 Å². The Bertz CT molecular complexity index is 355. The Kier molecular flexibility index (Phi) is 6.37. The SMILES string of the molecule is CC.CC.Cc1ccnc2ncoc12. The van der Waals surface area contributed by atoms with Gasteiger partial charge < -0.3 is 4.42 Å².